The van der Waals surface area contributed by atoms with Gasteiger partial charge in [-0.05, 0) is 50.3 Å². The molecule has 11 heteroatoms. The molecule has 0 spiro atoms. The van der Waals surface area contributed by atoms with Gasteiger partial charge in [0.2, 0.25) is 5.91 Å². The van der Waals surface area contributed by atoms with Crippen molar-refractivity contribution in [1.82, 2.24) is 10.3 Å². The number of ether oxygens (including phenoxy) is 1. The Labute approximate surface area is 210 Å². The summed E-state index contributed by atoms with van der Waals surface area (Å²) in [5, 5.41) is 7.60. The number of carbonyl (C=O) groups excluding carboxylic acids is 2. The molecule has 1 atom stereocenters. The molecule has 7 nitrogen and oxygen atoms in total. The number of nitrogens with zero attached hydrogens (tertiary/aromatic N) is 3. The van der Waals surface area contributed by atoms with E-state index in [1.165, 1.54) is 44.3 Å². The lowest BCUT2D eigenvalue weighted by molar-refractivity contribution is -0.129. The van der Waals surface area contributed by atoms with E-state index in [-0.39, 0.29) is 34.0 Å². The minimum absolute atomic E-state index is 0.0876. The van der Waals surface area contributed by atoms with Crippen LogP contribution in [0.4, 0.5) is 23.2 Å². The van der Waals surface area contributed by atoms with Gasteiger partial charge in [-0.3, -0.25) is 14.6 Å². The van der Waals surface area contributed by atoms with Crippen LogP contribution in [0, 0.1) is 5.92 Å². The molecule has 1 aliphatic heterocycles. The quantitative estimate of drug-likeness (QED) is 0.272. The predicted molar refractivity (Wildman–Crippen MR) is 131 cm³/mol. The average Bonchev–Trinajstić information content (AvgIpc) is 3.12. The van der Waals surface area contributed by atoms with Crippen molar-refractivity contribution in [1.29, 1.82) is 0 Å². The van der Waals surface area contributed by atoms with Gasteiger partial charge in [0.25, 0.3) is 11.8 Å². The standard InChI is InChI=1S/C26H24F4N4O3/c1-5-8-17(26(4,29)30)13-15(2)32-23(35)22-16(3)33-34(24(22)36)18-10-11-21(37-25(27)28)19(14-18)20-9-6-7-12-31-20/h5-14,22,25H,1H2,2-4H3,(H,32,35)/b15-13+,17-8+. The van der Waals surface area contributed by atoms with Crippen molar-refractivity contribution in [3.05, 3.63) is 78.7 Å². The summed E-state index contributed by atoms with van der Waals surface area (Å²) >= 11 is 0. The Bertz CT molecular complexity index is 1280. The van der Waals surface area contributed by atoms with Crippen LogP contribution in [0.15, 0.2) is 83.8 Å². The number of hydrazone groups is 1. The molecule has 0 fully saturated rings. The molecule has 2 aromatic rings. The monoisotopic (exact) mass is 516 g/mol. The Morgan fingerprint density at radius 1 is 1.27 bits per heavy atom. The van der Waals surface area contributed by atoms with E-state index in [1.54, 1.807) is 18.2 Å². The number of carbonyl (C=O) groups is 2. The molecule has 1 aromatic carbocycles. The van der Waals surface area contributed by atoms with Crippen LogP contribution in [-0.4, -0.2) is 35.0 Å². The number of benzene rings is 1. The number of pyridine rings is 1. The first kappa shape index (κ1) is 27.3. The lowest BCUT2D eigenvalue weighted by Crippen LogP contribution is -2.39. The molecular weight excluding hydrogens is 492 g/mol. The molecule has 2 amide bonds. The van der Waals surface area contributed by atoms with Crippen LogP contribution in [0.5, 0.6) is 5.75 Å². The molecule has 0 saturated heterocycles. The minimum Gasteiger partial charge on any atom is -0.434 e. The molecule has 37 heavy (non-hydrogen) atoms. The number of amides is 2. The fraction of sp³-hybridized carbons (Fsp3) is 0.231. The lowest BCUT2D eigenvalue weighted by atomic mass is 10.0. The summed E-state index contributed by atoms with van der Waals surface area (Å²) in [5.41, 5.74) is 0.565. The van der Waals surface area contributed by atoms with Crippen LogP contribution in [0.3, 0.4) is 0 Å². The Hall–Kier alpha value is -4.28. The average molecular weight is 516 g/mol. The first-order chi connectivity index (χ1) is 17.4. The maximum absolute atomic E-state index is 13.8. The van der Waals surface area contributed by atoms with Crippen LogP contribution in [0.25, 0.3) is 11.3 Å². The van der Waals surface area contributed by atoms with Gasteiger partial charge in [-0.2, -0.15) is 18.9 Å². The number of allylic oxidation sites excluding steroid dienone is 5. The highest BCUT2D eigenvalue weighted by molar-refractivity contribution is 6.26. The van der Waals surface area contributed by atoms with Crippen molar-refractivity contribution < 1.29 is 31.9 Å². The molecule has 0 aliphatic carbocycles. The number of alkyl halides is 4. The van der Waals surface area contributed by atoms with Gasteiger partial charge in [-0.1, -0.05) is 24.8 Å². The molecule has 0 radical (unpaired) electrons. The second-order valence-electron chi connectivity index (χ2n) is 8.16. The van der Waals surface area contributed by atoms with Crippen LogP contribution in [-0.2, 0) is 9.59 Å². The predicted octanol–water partition coefficient (Wildman–Crippen LogP) is 5.48. The van der Waals surface area contributed by atoms with Crippen LogP contribution in [0.1, 0.15) is 20.8 Å². The van der Waals surface area contributed by atoms with Gasteiger partial charge in [0.1, 0.15) is 5.75 Å². The molecule has 0 bridgehead atoms. The summed E-state index contributed by atoms with van der Waals surface area (Å²) in [7, 11) is 0. The molecule has 1 aliphatic rings. The summed E-state index contributed by atoms with van der Waals surface area (Å²) in [6.45, 7) is 3.91. The third kappa shape index (κ3) is 6.49. The molecule has 1 unspecified atom stereocenters. The summed E-state index contributed by atoms with van der Waals surface area (Å²) in [4.78, 5) is 30.2. The first-order valence-corrected chi connectivity index (χ1v) is 11.0. The van der Waals surface area contributed by atoms with Crippen LogP contribution in [0.2, 0.25) is 0 Å². The molecule has 0 saturated carbocycles. The van der Waals surface area contributed by atoms with Crippen molar-refractivity contribution in [2.45, 2.75) is 33.3 Å². The van der Waals surface area contributed by atoms with E-state index in [0.717, 1.165) is 17.2 Å². The van der Waals surface area contributed by atoms with E-state index < -0.39 is 30.3 Å². The molecule has 1 N–H and O–H groups in total. The smallest absolute Gasteiger partial charge is 0.387 e. The molecule has 3 rings (SSSR count). The van der Waals surface area contributed by atoms with Crippen molar-refractivity contribution in [2.24, 2.45) is 11.0 Å². The summed E-state index contributed by atoms with van der Waals surface area (Å²) in [5.74, 6) is -6.13. The fourth-order valence-corrected chi connectivity index (χ4v) is 3.61. The first-order valence-electron chi connectivity index (χ1n) is 11.0. The number of rotatable bonds is 9. The third-order valence-electron chi connectivity index (χ3n) is 5.25. The molecular formula is C26H24F4N4O3. The number of nitrogens with one attached hydrogen (secondary N) is 1. The highest BCUT2D eigenvalue weighted by Gasteiger charge is 2.40. The topological polar surface area (TPSA) is 83.9 Å². The Morgan fingerprint density at radius 2 is 2.00 bits per heavy atom. The van der Waals surface area contributed by atoms with Gasteiger partial charge in [0.15, 0.2) is 5.92 Å². The van der Waals surface area contributed by atoms with Crippen LogP contribution >= 0.6 is 0 Å². The van der Waals surface area contributed by atoms with Gasteiger partial charge >= 0.3 is 6.61 Å². The molecule has 1 aromatic heterocycles. The third-order valence-corrected chi connectivity index (χ3v) is 5.25. The highest BCUT2D eigenvalue weighted by Crippen LogP contribution is 2.35. The second kappa shape index (κ2) is 11.2. The molecule has 2 heterocycles. The summed E-state index contributed by atoms with van der Waals surface area (Å²) in [6.07, 6.45) is 4.87. The van der Waals surface area contributed by atoms with Gasteiger partial charge in [0.05, 0.1) is 17.1 Å². The maximum Gasteiger partial charge on any atom is 0.387 e. The summed E-state index contributed by atoms with van der Waals surface area (Å²) < 4.78 is 58.0. The fourth-order valence-electron chi connectivity index (χ4n) is 3.61. The summed E-state index contributed by atoms with van der Waals surface area (Å²) in [6, 6.07) is 8.89. The Balaban J connectivity index is 1.88. The number of hydrogen-bond donors (Lipinski definition) is 1. The van der Waals surface area contributed by atoms with Crippen molar-refractivity contribution in [3.63, 3.8) is 0 Å². The van der Waals surface area contributed by atoms with Gasteiger partial charge in [-0.25, -0.2) is 8.78 Å². The largest absolute Gasteiger partial charge is 0.434 e. The number of anilines is 1. The zero-order valence-electron chi connectivity index (χ0n) is 20.2. The van der Waals surface area contributed by atoms with Crippen molar-refractivity contribution in [3.8, 4) is 17.0 Å². The van der Waals surface area contributed by atoms with E-state index >= 15 is 0 Å². The van der Waals surface area contributed by atoms with E-state index in [4.69, 9.17) is 0 Å². The van der Waals surface area contributed by atoms with Crippen molar-refractivity contribution in [2.75, 3.05) is 5.01 Å². The molecule has 194 valence electrons. The zero-order valence-corrected chi connectivity index (χ0v) is 20.2. The minimum atomic E-state index is -3.18. The highest BCUT2D eigenvalue weighted by atomic mass is 19.3. The lowest BCUT2D eigenvalue weighted by Gasteiger charge is -2.18. The van der Waals surface area contributed by atoms with E-state index in [1.807, 2.05) is 0 Å². The number of hydrogen-bond acceptors (Lipinski definition) is 5. The van der Waals surface area contributed by atoms with Gasteiger partial charge in [-0.15, -0.1) is 0 Å². The van der Waals surface area contributed by atoms with Crippen LogP contribution < -0.4 is 15.1 Å². The normalized spacial score (nSPS) is 16.6. The maximum atomic E-state index is 13.8. The number of halogens is 4. The Morgan fingerprint density at radius 3 is 2.59 bits per heavy atom. The zero-order chi connectivity index (χ0) is 27.3. The van der Waals surface area contributed by atoms with Gasteiger partial charge in [0, 0.05) is 30.0 Å². The van der Waals surface area contributed by atoms with Crippen molar-refractivity contribution >= 4 is 23.2 Å². The number of aromatic nitrogens is 1. The van der Waals surface area contributed by atoms with E-state index in [9.17, 15) is 27.2 Å². The van der Waals surface area contributed by atoms with Gasteiger partial charge < -0.3 is 10.1 Å². The van der Waals surface area contributed by atoms with E-state index in [0.29, 0.717) is 12.6 Å². The van der Waals surface area contributed by atoms with E-state index in [2.05, 4.69) is 26.7 Å². The second-order valence-corrected chi connectivity index (χ2v) is 8.16. The SMILES string of the molecule is C=C/C=C(\C=C(/C)NC(=O)C1C(=O)N(c2ccc(OC(F)F)c(-c3ccccn3)c2)N=C1C)C(C)(F)F. The Kier molecular flexibility index (Phi) is 8.26.